The van der Waals surface area contributed by atoms with Crippen molar-refractivity contribution in [2.45, 2.75) is 6.54 Å². The molecule has 104 valence electrons. The number of phenols is 1. The average Bonchev–Trinajstić information content (AvgIpc) is 2.54. The fourth-order valence-corrected chi connectivity index (χ4v) is 2.13. The number of hydrogen-bond acceptors (Lipinski definition) is 3. The third-order valence-corrected chi connectivity index (χ3v) is 3.23. The SMILES string of the molecule is O=C(NCc1ccccc1)c1ccc2cccc(O)c2n1. The van der Waals surface area contributed by atoms with Crippen molar-refractivity contribution in [3.8, 4) is 5.75 Å². The van der Waals surface area contributed by atoms with E-state index >= 15 is 0 Å². The van der Waals surface area contributed by atoms with Gasteiger partial charge in [-0.05, 0) is 17.7 Å². The Morgan fingerprint density at radius 3 is 2.62 bits per heavy atom. The molecule has 0 aliphatic heterocycles. The van der Waals surface area contributed by atoms with E-state index in [-0.39, 0.29) is 11.7 Å². The van der Waals surface area contributed by atoms with Gasteiger partial charge in [-0.3, -0.25) is 4.79 Å². The summed E-state index contributed by atoms with van der Waals surface area (Å²) < 4.78 is 0. The number of carbonyl (C=O) groups is 1. The molecule has 4 heteroatoms. The molecule has 3 aromatic rings. The summed E-state index contributed by atoms with van der Waals surface area (Å²) in [5, 5.41) is 13.4. The summed E-state index contributed by atoms with van der Waals surface area (Å²) in [5.41, 5.74) is 1.75. The van der Waals surface area contributed by atoms with Crippen LogP contribution in [0.4, 0.5) is 0 Å². The summed E-state index contributed by atoms with van der Waals surface area (Å²) >= 11 is 0. The number of aromatic hydroxyl groups is 1. The van der Waals surface area contributed by atoms with Crippen LogP contribution in [0, 0.1) is 0 Å². The molecule has 1 aromatic heterocycles. The number of carbonyl (C=O) groups excluding carboxylic acids is 1. The van der Waals surface area contributed by atoms with E-state index in [0.29, 0.717) is 17.8 Å². The number of hydrogen-bond donors (Lipinski definition) is 2. The maximum atomic E-state index is 12.1. The molecule has 0 aliphatic carbocycles. The Morgan fingerprint density at radius 2 is 1.81 bits per heavy atom. The van der Waals surface area contributed by atoms with Crippen molar-refractivity contribution in [1.82, 2.24) is 10.3 Å². The Bertz CT molecular complexity index is 785. The Hall–Kier alpha value is -2.88. The van der Waals surface area contributed by atoms with Gasteiger partial charge in [-0.2, -0.15) is 0 Å². The van der Waals surface area contributed by atoms with Crippen LogP contribution in [0.3, 0.4) is 0 Å². The highest BCUT2D eigenvalue weighted by Crippen LogP contribution is 2.22. The molecule has 0 saturated carbocycles. The lowest BCUT2D eigenvalue weighted by Gasteiger charge is -2.06. The van der Waals surface area contributed by atoms with Crippen molar-refractivity contribution in [3.63, 3.8) is 0 Å². The van der Waals surface area contributed by atoms with Crippen LogP contribution >= 0.6 is 0 Å². The number of benzene rings is 2. The van der Waals surface area contributed by atoms with Gasteiger partial charge >= 0.3 is 0 Å². The van der Waals surface area contributed by atoms with Gasteiger partial charge in [0.05, 0.1) is 0 Å². The summed E-state index contributed by atoms with van der Waals surface area (Å²) in [7, 11) is 0. The second kappa shape index (κ2) is 5.63. The van der Waals surface area contributed by atoms with Crippen molar-refractivity contribution >= 4 is 16.8 Å². The Labute approximate surface area is 122 Å². The molecule has 1 heterocycles. The quantitative estimate of drug-likeness (QED) is 0.774. The minimum Gasteiger partial charge on any atom is -0.506 e. The van der Waals surface area contributed by atoms with E-state index in [1.165, 1.54) is 0 Å². The van der Waals surface area contributed by atoms with Crippen LogP contribution in [0.2, 0.25) is 0 Å². The normalized spacial score (nSPS) is 10.5. The molecule has 2 aromatic carbocycles. The maximum Gasteiger partial charge on any atom is 0.270 e. The second-order valence-corrected chi connectivity index (χ2v) is 4.71. The van der Waals surface area contributed by atoms with E-state index in [2.05, 4.69) is 10.3 Å². The van der Waals surface area contributed by atoms with Gasteiger partial charge in [0, 0.05) is 11.9 Å². The molecule has 0 atom stereocenters. The molecule has 2 N–H and O–H groups in total. The molecule has 0 radical (unpaired) electrons. The molecule has 0 bridgehead atoms. The molecule has 3 rings (SSSR count). The molecule has 0 spiro atoms. The lowest BCUT2D eigenvalue weighted by atomic mass is 10.2. The lowest BCUT2D eigenvalue weighted by Crippen LogP contribution is -2.23. The van der Waals surface area contributed by atoms with Crippen LogP contribution in [-0.4, -0.2) is 16.0 Å². The zero-order chi connectivity index (χ0) is 14.7. The highest BCUT2D eigenvalue weighted by Gasteiger charge is 2.09. The Kier molecular flexibility index (Phi) is 3.51. The fraction of sp³-hybridized carbons (Fsp3) is 0.0588. The van der Waals surface area contributed by atoms with Crippen LogP contribution in [-0.2, 0) is 6.54 Å². The van der Waals surface area contributed by atoms with Gasteiger partial charge in [-0.1, -0.05) is 48.5 Å². The van der Waals surface area contributed by atoms with Gasteiger partial charge < -0.3 is 10.4 Å². The number of para-hydroxylation sites is 1. The van der Waals surface area contributed by atoms with Crippen LogP contribution < -0.4 is 5.32 Å². The second-order valence-electron chi connectivity index (χ2n) is 4.71. The smallest absolute Gasteiger partial charge is 0.270 e. The van der Waals surface area contributed by atoms with Crippen molar-refractivity contribution in [2.24, 2.45) is 0 Å². The van der Waals surface area contributed by atoms with E-state index in [1.54, 1.807) is 24.3 Å². The van der Waals surface area contributed by atoms with E-state index in [1.807, 2.05) is 36.4 Å². The number of nitrogens with zero attached hydrogens (tertiary/aromatic N) is 1. The van der Waals surface area contributed by atoms with E-state index < -0.39 is 0 Å². The summed E-state index contributed by atoms with van der Waals surface area (Å²) in [6, 6.07) is 18.2. The molecule has 0 fully saturated rings. The predicted octanol–water partition coefficient (Wildman–Crippen LogP) is 2.87. The summed E-state index contributed by atoms with van der Waals surface area (Å²) in [5.74, 6) is -0.186. The van der Waals surface area contributed by atoms with E-state index in [4.69, 9.17) is 0 Å². The third kappa shape index (κ3) is 2.84. The first-order valence-electron chi connectivity index (χ1n) is 6.65. The number of fused-ring (bicyclic) bond motifs is 1. The van der Waals surface area contributed by atoms with E-state index in [0.717, 1.165) is 10.9 Å². The molecular formula is C17H14N2O2. The van der Waals surface area contributed by atoms with Crippen LogP contribution in [0.25, 0.3) is 10.9 Å². The number of nitrogens with one attached hydrogen (secondary N) is 1. The first-order valence-corrected chi connectivity index (χ1v) is 6.65. The Morgan fingerprint density at radius 1 is 1.00 bits per heavy atom. The monoisotopic (exact) mass is 278 g/mol. The van der Waals surface area contributed by atoms with Crippen molar-refractivity contribution in [3.05, 3.63) is 71.9 Å². The number of aromatic nitrogens is 1. The number of phenolic OH excluding ortho intramolecular Hbond substituents is 1. The predicted molar refractivity (Wildman–Crippen MR) is 81.0 cm³/mol. The zero-order valence-corrected chi connectivity index (χ0v) is 11.3. The molecule has 0 unspecified atom stereocenters. The van der Waals surface area contributed by atoms with Crippen molar-refractivity contribution < 1.29 is 9.90 Å². The first-order chi connectivity index (χ1) is 10.2. The molecular weight excluding hydrogens is 264 g/mol. The minimum absolute atomic E-state index is 0.0743. The van der Waals surface area contributed by atoms with Gasteiger partial charge in [-0.15, -0.1) is 0 Å². The van der Waals surface area contributed by atoms with Crippen LogP contribution in [0.1, 0.15) is 16.1 Å². The number of rotatable bonds is 3. The highest BCUT2D eigenvalue weighted by atomic mass is 16.3. The summed E-state index contributed by atoms with van der Waals surface area (Å²) in [6.45, 7) is 0.445. The number of amides is 1. The molecule has 21 heavy (non-hydrogen) atoms. The molecule has 4 nitrogen and oxygen atoms in total. The molecule has 0 aliphatic rings. The van der Waals surface area contributed by atoms with Gasteiger partial charge in [0.1, 0.15) is 17.0 Å². The van der Waals surface area contributed by atoms with Crippen molar-refractivity contribution in [1.29, 1.82) is 0 Å². The minimum atomic E-state index is -0.260. The van der Waals surface area contributed by atoms with Gasteiger partial charge in [-0.25, -0.2) is 4.98 Å². The molecule has 1 amide bonds. The number of pyridine rings is 1. The van der Waals surface area contributed by atoms with E-state index in [9.17, 15) is 9.90 Å². The van der Waals surface area contributed by atoms with Gasteiger partial charge in [0.2, 0.25) is 0 Å². The zero-order valence-electron chi connectivity index (χ0n) is 11.3. The van der Waals surface area contributed by atoms with Crippen LogP contribution in [0.15, 0.2) is 60.7 Å². The standard InChI is InChI=1S/C17H14N2O2/c20-15-8-4-7-13-9-10-14(19-16(13)15)17(21)18-11-12-5-2-1-3-6-12/h1-10,20H,11H2,(H,18,21). The van der Waals surface area contributed by atoms with Gasteiger partial charge in [0.15, 0.2) is 0 Å². The summed E-state index contributed by atoms with van der Waals surface area (Å²) in [4.78, 5) is 16.3. The lowest BCUT2D eigenvalue weighted by molar-refractivity contribution is 0.0946. The first kappa shape index (κ1) is 13.1. The van der Waals surface area contributed by atoms with Crippen LogP contribution in [0.5, 0.6) is 5.75 Å². The van der Waals surface area contributed by atoms with Gasteiger partial charge in [0.25, 0.3) is 5.91 Å². The Balaban J connectivity index is 1.80. The maximum absolute atomic E-state index is 12.1. The fourth-order valence-electron chi connectivity index (χ4n) is 2.13. The largest absolute Gasteiger partial charge is 0.506 e. The topological polar surface area (TPSA) is 62.2 Å². The third-order valence-electron chi connectivity index (χ3n) is 3.23. The average molecular weight is 278 g/mol. The molecule has 0 saturated heterocycles. The van der Waals surface area contributed by atoms with Crippen molar-refractivity contribution in [2.75, 3.05) is 0 Å². The highest BCUT2D eigenvalue weighted by molar-refractivity contribution is 5.95. The summed E-state index contributed by atoms with van der Waals surface area (Å²) in [6.07, 6.45) is 0.